The highest BCUT2D eigenvalue weighted by Crippen LogP contribution is 2.49. The Balaban J connectivity index is 1.33. The highest BCUT2D eigenvalue weighted by molar-refractivity contribution is 5.69. The first-order valence-corrected chi connectivity index (χ1v) is 9.14. The van der Waals surface area contributed by atoms with E-state index in [1.54, 1.807) is 0 Å². The van der Waals surface area contributed by atoms with Crippen LogP contribution >= 0.6 is 0 Å². The van der Waals surface area contributed by atoms with E-state index in [9.17, 15) is 4.79 Å². The minimum absolute atomic E-state index is 0.00976. The molecule has 0 saturated heterocycles. The molecule has 26 heavy (non-hydrogen) atoms. The van der Waals surface area contributed by atoms with E-state index < -0.39 is 0 Å². The first kappa shape index (κ1) is 16.8. The molecule has 2 aliphatic rings. The number of esters is 1. The lowest BCUT2D eigenvalue weighted by molar-refractivity contribution is -0.146. The number of aromatic nitrogens is 3. The van der Waals surface area contributed by atoms with Gasteiger partial charge in [0.25, 0.3) is 0 Å². The number of nitrogens with one attached hydrogen (secondary N) is 1. The van der Waals surface area contributed by atoms with Crippen LogP contribution in [0.3, 0.4) is 0 Å². The number of carbonyl (C=O) groups excluding carboxylic acids is 1. The summed E-state index contributed by atoms with van der Waals surface area (Å²) in [5.41, 5.74) is 6.59. The van der Waals surface area contributed by atoms with Gasteiger partial charge >= 0.3 is 5.97 Å². The van der Waals surface area contributed by atoms with Crippen molar-refractivity contribution < 1.29 is 9.53 Å². The first-order valence-electron chi connectivity index (χ1n) is 9.14. The number of nitrogen functional groups attached to an aromatic ring is 1. The molecule has 3 unspecified atom stereocenters. The van der Waals surface area contributed by atoms with Gasteiger partial charge in [-0.2, -0.15) is 15.0 Å². The van der Waals surface area contributed by atoms with E-state index >= 15 is 0 Å². The van der Waals surface area contributed by atoms with Gasteiger partial charge in [0.2, 0.25) is 11.9 Å². The number of ether oxygens (including phenoxy) is 1. The quantitative estimate of drug-likeness (QED) is 0.769. The molecule has 136 valence electrons. The van der Waals surface area contributed by atoms with Crippen LogP contribution in [0.1, 0.15) is 37.9 Å². The van der Waals surface area contributed by atoms with Gasteiger partial charge in [-0.3, -0.25) is 4.79 Å². The number of hydrogen-bond acceptors (Lipinski definition) is 7. The summed E-state index contributed by atoms with van der Waals surface area (Å²) < 4.78 is 5.38. The van der Waals surface area contributed by atoms with Crippen molar-refractivity contribution in [2.24, 2.45) is 17.8 Å². The first-order chi connectivity index (χ1) is 12.7. The number of nitrogens with two attached hydrogens (primary N) is 1. The summed E-state index contributed by atoms with van der Waals surface area (Å²) >= 11 is 0. The predicted octanol–water partition coefficient (Wildman–Crippen LogP) is 3.07. The molecule has 2 saturated carbocycles. The molecule has 0 radical (unpaired) electrons. The Morgan fingerprint density at radius 2 is 2.00 bits per heavy atom. The molecule has 1 aromatic heterocycles. The molecule has 3 atom stereocenters. The molecule has 1 aromatic carbocycles. The minimum atomic E-state index is -0.181. The average molecular weight is 353 g/mol. The van der Waals surface area contributed by atoms with Crippen LogP contribution in [0.15, 0.2) is 30.3 Å². The second kappa shape index (κ2) is 7.27. The van der Waals surface area contributed by atoms with E-state index in [1.165, 1.54) is 25.7 Å². The summed E-state index contributed by atoms with van der Waals surface area (Å²) in [7, 11) is 0. The zero-order valence-electron chi connectivity index (χ0n) is 14.6. The van der Waals surface area contributed by atoms with Crippen molar-refractivity contribution in [3.63, 3.8) is 0 Å². The number of fused-ring (bicyclic) bond motifs is 2. The predicted molar refractivity (Wildman–Crippen MR) is 97.3 cm³/mol. The van der Waals surface area contributed by atoms with Gasteiger partial charge in [-0.1, -0.05) is 24.6 Å². The normalized spacial score (nSPS) is 23.8. The Labute approximate surface area is 152 Å². The molecule has 2 fully saturated rings. The van der Waals surface area contributed by atoms with E-state index in [1.807, 2.05) is 30.3 Å². The molecule has 4 rings (SSSR count). The summed E-state index contributed by atoms with van der Waals surface area (Å²) in [5.74, 6) is 2.62. The van der Waals surface area contributed by atoms with Crippen molar-refractivity contribution in [3.8, 4) is 0 Å². The molecular formula is C19H23N5O2. The summed E-state index contributed by atoms with van der Waals surface area (Å²) in [5, 5.41) is 3.07. The van der Waals surface area contributed by atoms with Gasteiger partial charge in [-0.15, -0.1) is 0 Å². The number of hydrogen-bond donors (Lipinski definition) is 2. The van der Waals surface area contributed by atoms with Gasteiger partial charge in [-0.25, -0.2) is 0 Å². The van der Waals surface area contributed by atoms with E-state index in [2.05, 4.69) is 20.3 Å². The van der Waals surface area contributed by atoms with Crippen molar-refractivity contribution in [2.45, 2.75) is 38.7 Å². The number of anilines is 3. The second-order valence-electron chi connectivity index (χ2n) is 7.22. The third-order valence-corrected chi connectivity index (χ3v) is 5.40. The number of nitrogens with zero attached hydrogens (tertiary/aromatic N) is 3. The van der Waals surface area contributed by atoms with Crippen LogP contribution in [0.5, 0.6) is 0 Å². The van der Waals surface area contributed by atoms with Crippen molar-refractivity contribution in [2.75, 3.05) is 11.1 Å². The Bertz CT molecular complexity index is 783. The lowest BCUT2D eigenvalue weighted by Gasteiger charge is -2.20. The SMILES string of the molecule is Nc1nc(COC(=O)CC2CC3CCC2C3)nc(Nc2ccccc2)n1. The molecule has 7 nitrogen and oxygen atoms in total. The molecule has 2 aromatic rings. The molecule has 2 bridgehead atoms. The van der Waals surface area contributed by atoms with Crippen molar-refractivity contribution in [1.82, 2.24) is 15.0 Å². The van der Waals surface area contributed by atoms with Gasteiger partial charge in [0.15, 0.2) is 12.4 Å². The number of rotatable bonds is 6. The zero-order chi connectivity index (χ0) is 17.9. The summed E-state index contributed by atoms with van der Waals surface area (Å²) in [4.78, 5) is 24.6. The molecule has 0 amide bonds. The maximum Gasteiger partial charge on any atom is 0.306 e. The molecule has 7 heteroatoms. The summed E-state index contributed by atoms with van der Waals surface area (Å²) in [6.45, 7) is 0.00976. The van der Waals surface area contributed by atoms with Crippen LogP contribution in [-0.2, 0) is 16.1 Å². The van der Waals surface area contributed by atoms with Crippen LogP contribution in [0.25, 0.3) is 0 Å². The molecule has 2 aliphatic carbocycles. The lowest BCUT2D eigenvalue weighted by atomic mass is 9.86. The zero-order valence-corrected chi connectivity index (χ0v) is 14.6. The average Bonchev–Trinajstić information content (AvgIpc) is 3.23. The maximum absolute atomic E-state index is 12.2. The Morgan fingerprint density at radius 3 is 2.73 bits per heavy atom. The smallest absolute Gasteiger partial charge is 0.306 e. The number of para-hydroxylation sites is 1. The van der Waals surface area contributed by atoms with Crippen LogP contribution in [0.2, 0.25) is 0 Å². The fourth-order valence-electron chi connectivity index (χ4n) is 4.25. The fourth-order valence-corrected chi connectivity index (χ4v) is 4.25. The molecule has 0 aliphatic heterocycles. The summed E-state index contributed by atoms with van der Waals surface area (Å²) in [6, 6.07) is 9.54. The van der Waals surface area contributed by atoms with Crippen molar-refractivity contribution in [3.05, 3.63) is 36.2 Å². The fraction of sp³-hybridized carbons (Fsp3) is 0.474. The van der Waals surface area contributed by atoms with E-state index in [-0.39, 0.29) is 18.5 Å². The van der Waals surface area contributed by atoms with Crippen LogP contribution in [0.4, 0.5) is 17.6 Å². The van der Waals surface area contributed by atoms with Crippen LogP contribution in [-0.4, -0.2) is 20.9 Å². The third kappa shape index (κ3) is 3.92. The standard InChI is InChI=1S/C19H23N5O2/c20-18-22-16(23-19(24-18)21-15-4-2-1-3-5-15)11-26-17(25)10-14-9-12-6-7-13(14)8-12/h1-5,12-14H,6-11H2,(H3,20,21,22,23,24). The van der Waals surface area contributed by atoms with Gasteiger partial charge in [-0.05, 0) is 49.1 Å². The minimum Gasteiger partial charge on any atom is -0.457 e. The number of benzene rings is 1. The van der Waals surface area contributed by atoms with Gasteiger partial charge in [0.05, 0.1) is 0 Å². The Hall–Kier alpha value is -2.70. The highest BCUT2D eigenvalue weighted by Gasteiger charge is 2.40. The molecule has 3 N–H and O–H groups in total. The van der Waals surface area contributed by atoms with Gasteiger partial charge in [0, 0.05) is 12.1 Å². The van der Waals surface area contributed by atoms with Gasteiger partial charge in [0.1, 0.15) is 0 Å². The molecule has 0 spiro atoms. The van der Waals surface area contributed by atoms with Crippen LogP contribution < -0.4 is 11.1 Å². The van der Waals surface area contributed by atoms with Crippen molar-refractivity contribution in [1.29, 1.82) is 0 Å². The van der Waals surface area contributed by atoms with Crippen molar-refractivity contribution >= 4 is 23.6 Å². The Kier molecular flexibility index (Phi) is 4.69. The lowest BCUT2D eigenvalue weighted by Crippen LogP contribution is -2.17. The summed E-state index contributed by atoms with van der Waals surface area (Å²) in [6.07, 6.45) is 5.55. The molecular weight excluding hydrogens is 330 g/mol. The van der Waals surface area contributed by atoms with Crippen LogP contribution in [0, 0.1) is 17.8 Å². The second-order valence-corrected chi connectivity index (χ2v) is 7.22. The topological polar surface area (TPSA) is 103 Å². The Morgan fingerprint density at radius 1 is 1.15 bits per heavy atom. The largest absolute Gasteiger partial charge is 0.457 e. The van der Waals surface area contributed by atoms with Gasteiger partial charge < -0.3 is 15.8 Å². The highest BCUT2D eigenvalue weighted by atomic mass is 16.5. The monoisotopic (exact) mass is 353 g/mol. The molecule has 1 heterocycles. The third-order valence-electron chi connectivity index (χ3n) is 5.40. The number of carbonyl (C=O) groups is 1. The van der Waals surface area contributed by atoms with E-state index in [0.717, 1.165) is 11.6 Å². The van der Waals surface area contributed by atoms with E-state index in [0.29, 0.717) is 30.0 Å². The maximum atomic E-state index is 12.2. The van der Waals surface area contributed by atoms with E-state index in [4.69, 9.17) is 10.5 Å².